The van der Waals surface area contributed by atoms with Gasteiger partial charge in [-0.2, -0.15) is 0 Å². The van der Waals surface area contributed by atoms with E-state index in [1.54, 1.807) is 44.2 Å². The monoisotopic (exact) mass is 541 g/mol. The molecule has 35 heavy (non-hydrogen) atoms. The van der Waals surface area contributed by atoms with Crippen molar-refractivity contribution in [2.24, 2.45) is 0 Å². The molecule has 192 valence electrons. The van der Waals surface area contributed by atoms with E-state index in [0.717, 1.165) is 18.2 Å². The van der Waals surface area contributed by atoms with Crippen molar-refractivity contribution in [3.05, 3.63) is 63.6 Å². The van der Waals surface area contributed by atoms with Gasteiger partial charge >= 0.3 is 0 Å². The van der Waals surface area contributed by atoms with Gasteiger partial charge in [0.25, 0.3) is 0 Å². The highest BCUT2D eigenvalue weighted by molar-refractivity contribution is 7.92. The van der Waals surface area contributed by atoms with Crippen LogP contribution in [0.25, 0.3) is 0 Å². The van der Waals surface area contributed by atoms with Gasteiger partial charge in [-0.25, -0.2) is 8.42 Å². The van der Waals surface area contributed by atoms with Gasteiger partial charge in [0.15, 0.2) is 0 Å². The average Bonchev–Trinajstić information content (AvgIpc) is 2.80. The summed E-state index contributed by atoms with van der Waals surface area (Å²) in [6.07, 6.45) is 2.22. The van der Waals surface area contributed by atoms with Gasteiger partial charge in [0.05, 0.1) is 11.9 Å². The Morgan fingerprint density at radius 3 is 2.34 bits per heavy atom. The molecule has 1 unspecified atom stereocenters. The van der Waals surface area contributed by atoms with Crippen LogP contribution in [-0.2, 0) is 26.2 Å². The van der Waals surface area contributed by atoms with E-state index < -0.39 is 16.1 Å². The number of carbonyl (C=O) groups excluding carboxylic acids is 2. The summed E-state index contributed by atoms with van der Waals surface area (Å²) in [4.78, 5) is 27.4. The summed E-state index contributed by atoms with van der Waals surface area (Å²) in [7, 11) is -3.60. The highest BCUT2D eigenvalue weighted by Gasteiger charge is 2.27. The zero-order chi connectivity index (χ0) is 26.2. The fraction of sp³-hybridized carbons (Fsp3) is 0.440. The molecule has 2 amide bonds. The van der Waals surface area contributed by atoms with Crippen LogP contribution in [0.15, 0.2) is 42.5 Å². The molecule has 0 aromatic heterocycles. The Kier molecular flexibility index (Phi) is 10.9. The number of sulfonamides is 1. The molecule has 0 aliphatic carbocycles. The Hall–Kier alpha value is -2.29. The lowest BCUT2D eigenvalue weighted by molar-refractivity contribution is -0.140. The van der Waals surface area contributed by atoms with Crippen molar-refractivity contribution in [3.8, 4) is 0 Å². The fourth-order valence-electron chi connectivity index (χ4n) is 3.64. The maximum Gasteiger partial charge on any atom is 0.242 e. The van der Waals surface area contributed by atoms with Crippen molar-refractivity contribution in [2.45, 2.75) is 52.6 Å². The van der Waals surface area contributed by atoms with Crippen LogP contribution in [0, 0.1) is 6.92 Å². The Labute approximate surface area is 218 Å². The standard InChI is InChI=1S/C25H33Cl2N3O4S/c1-5-15-28-25(32)19(3)29(17-20-10-6-7-11-22(20)27)24(31)14-9-16-30(35(4,33)34)23-13-8-12-21(26)18(23)2/h6-8,10-13,19H,5,9,14-17H2,1-4H3,(H,28,32). The smallest absolute Gasteiger partial charge is 0.242 e. The Morgan fingerprint density at radius 1 is 1.06 bits per heavy atom. The van der Waals surface area contributed by atoms with Crippen molar-refractivity contribution in [3.63, 3.8) is 0 Å². The second-order valence-electron chi connectivity index (χ2n) is 8.40. The first kappa shape index (κ1) is 28.9. The first-order chi connectivity index (χ1) is 16.5. The molecule has 2 aromatic rings. The number of halogens is 2. The molecular formula is C25H33Cl2N3O4S. The van der Waals surface area contributed by atoms with Crippen LogP contribution in [0.2, 0.25) is 10.0 Å². The second kappa shape index (κ2) is 13.1. The van der Waals surface area contributed by atoms with Crippen LogP contribution in [0.4, 0.5) is 5.69 Å². The van der Waals surface area contributed by atoms with Crippen LogP contribution >= 0.6 is 23.2 Å². The summed E-state index contributed by atoms with van der Waals surface area (Å²) in [5.74, 6) is -0.514. The van der Waals surface area contributed by atoms with Gasteiger partial charge < -0.3 is 10.2 Å². The van der Waals surface area contributed by atoms with Crippen LogP contribution in [-0.4, -0.2) is 50.5 Å². The van der Waals surface area contributed by atoms with Gasteiger partial charge in [-0.15, -0.1) is 0 Å². The highest BCUT2D eigenvalue weighted by atomic mass is 35.5. The second-order valence-corrected chi connectivity index (χ2v) is 11.1. The molecular weight excluding hydrogens is 509 g/mol. The van der Waals surface area contributed by atoms with E-state index in [-0.39, 0.29) is 37.7 Å². The zero-order valence-electron chi connectivity index (χ0n) is 20.6. The lowest BCUT2D eigenvalue weighted by Crippen LogP contribution is -2.48. The van der Waals surface area contributed by atoms with Crippen molar-refractivity contribution in [1.29, 1.82) is 0 Å². The molecule has 0 radical (unpaired) electrons. The lowest BCUT2D eigenvalue weighted by atomic mass is 10.1. The molecule has 2 rings (SSSR count). The maximum absolute atomic E-state index is 13.3. The average molecular weight is 543 g/mol. The zero-order valence-corrected chi connectivity index (χ0v) is 22.9. The van der Waals surface area contributed by atoms with Crippen molar-refractivity contribution >= 4 is 50.7 Å². The predicted molar refractivity (Wildman–Crippen MR) is 142 cm³/mol. The number of nitrogens with zero attached hydrogens (tertiary/aromatic N) is 2. The van der Waals surface area contributed by atoms with Gasteiger partial charge in [-0.05, 0) is 56.0 Å². The minimum atomic E-state index is -3.60. The van der Waals surface area contributed by atoms with Crippen LogP contribution < -0.4 is 9.62 Å². The number of carbonyl (C=O) groups is 2. The number of nitrogens with one attached hydrogen (secondary N) is 1. The molecule has 0 fully saturated rings. The van der Waals surface area contributed by atoms with Gasteiger partial charge in [0, 0.05) is 36.1 Å². The van der Waals surface area contributed by atoms with E-state index in [1.165, 1.54) is 9.21 Å². The molecule has 0 bridgehead atoms. The Balaban J connectivity index is 2.20. The van der Waals surface area contributed by atoms with Crippen molar-refractivity contribution < 1.29 is 18.0 Å². The van der Waals surface area contributed by atoms with Gasteiger partial charge in [-0.1, -0.05) is 54.4 Å². The normalized spacial score (nSPS) is 12.2. The predicted octanol–water partition coefficient (Wildman–Crippen LogP) is 4.79. The highest BCUT2D eigenvalue weighted by Crippen LogP contribution is 2.28. The lowest BCUT2D eigenvalue weighted by Gasteiger charge is -2.30. The third-order valence-electron chi connectivity index (χ3n) is 5.68. The minimum Gasteiger partial charge on any atom is -0.354 e. The molecule has 0 aliphatic rings. The number of benzene rings is 2. The molecule has 1 atom stereocenters. The molecule has 0 saturated carbocycles. The van der Waals surface area contributed by atoms with Gasteiger partial charge in [0.2, 0.25) is 21.8 Å². The van der Waals surface area contributed by atoms with Gasteiger partial charge in [-0.3, -0.25) is 13.9 Å². The van der Waals surface area contributed by atoms with E-state index in [4.69, 9.17) is 23.2 Å². The summed E-state index contributed by atoms with van der Waals surface area (Å²) in [6.45, 7) is 6.16. The van der Waals surface area contributed by atoms with Crippen molar-refractivity contribution in [2.75, 3.05) is 23.7 Å². The minimum absolute atomic E-state index is 0.0570. The Bertz CT molecular complexity index is 1140. The van der Waals surface area contributed by atoms with Crippen molar-refractivity contribution in [1.82, 2.24) is 10.2 Å². The quantitative estimate of drug-likeness (QED) is 0.418. The molecule has 0 spiro atoms. The molecule has 1 N–H and O–H groups in total. The molecule has 10 heteroatoms. The van der Waals surface area contributed by atoms with E-state index >= 15 is 0 Å². The molecule has 2 aromatic carbocycles. The third kappa shape index (κ3) is 8.12. The summed E-state index contributed by atoms with van der Waals surface area (Å²) in [5, 5.41) is 3.80. The van der Waals surface area contributed by atoms with Crippen LogP contribution in [0.1, 0.15) is 44.2 Å². The molecule has 0 saturated heterocycles. The molecule has 7 nitrogen and oxygen atoms in total. The molecule has 0 heterocycles. The topological polar surface area (TPSA) is 86.8 Å². The van der Waals surface area contributed by atoms with Gasteiger partial charge in [0.1, 0.15) is 6.04 Å². The summed E-state index contributed by atoms with van der Waals surface area (Å²) in [5.41, 5.74) is 1.85. The number of rotatable bonds is 12. The number of hydrogen-bond donors (Lipinski definition) is 1. The van der Waals surface area contributed by atoms with E-state index in [2.05, 4.69) is 5.32 Å². The summed E-state index contributed by atoms with van der Waals surface area (Å²) >= 11 is 12.5. The number of hydrogen-bond acceptors (Lipinski definition) is 4. The maximum atomic E-state index is 13.3. The van der Waals surface area contributed by atoms with E-state index in [9.17, 15) is 18.0 Å². The summed E-state index contributed by atoms with van der Waals surface area (Å²) in [6, 6.07) is 11.5. The van der Waals surface area contributed by atoms with E-state index in [1.807, 2.05) is 19.1 Å². The summed E-state index contributed by atoms with van der Waals surface area (Å²) < 4.78 is 26.3. The van der Waals surface area contributed by atoms with E-state index in [0.29, 0.717) is 27.8 Å². The number of amides is 2. The third-order valence-corrected chi connectivity index (χ3v) is 7.63. The SMILES string of the molecule is CCCNC(=O)C(C)N(Cc1ccccc1Cl)C(=O)CCCN(c1cccc(Cl)c1C)S(C)(=O)=O. The van der Waals surface area contributed by atoms with Crippen LogP contribution in [0.5, 0.6) is 0 Å². The largest absolute Gasteiger partial charge is 0.354 e. The first-order valence-electron chi connectivity index (χ1n) is 11.5. The Morgan fingerprint density at radius 2 is 1.71 bits per heavy atom. The number of anilines is 1. The molecule has 0 aliphatic heterocycles. The first-order valence-corrected chi connectivity index (χ1v) is 14.1. The fourth-order valence-corrected chi connectivity index (χ4v) is 5.02. The van der Waals surface area contributed by atoms with Crippen LogP contribution in [0.3, 0.4) is 0 Å².